The minimum Gasteiger partial charge on any atom is -0.380 e. The molecule has 0 radical (unpaired) electrons. The predicted octanol–water partition coefficient (Wildman–Crippen LogP) is 3.13. The van der Waals surface area contributed by atoms with Crippen LogP contribution in [0, 0.1) is 5.82 Å². The highest BCUT2D eigenvalue weighted by molar-refractivity contribution is 7.13. The predicted molar refractivity (Wildman–Crippen MR) is 86.1 cm³/mol. The average molecular weight is 319 g/mol. The van der Waals surface area contributed by atoms with Gasteiger partial charge < -0.3 is 15.0 Å². The lowest BCUT2D eigenvalue weighted by atomic mass is 9.97. The lowest BCUT2D eigenvalue weighted by Crippen LogP contribution is -2.33. The van der Waals surface area contributed by atoms with E-state index in [1.165, 1.54) is 12.1 Å². The molecule has 2 saturated heterocycles. The Bertz CT molecular complexity index is 651. The molecule has 4 rings (SSSR count). The summed E-state index contributed by atoms with van der Waals surface area (Å²) in [5, 5.41) is 6.46. The largest absolute Gasteiger partial charge is 0.380 e. The molecule has 1 aromatic carbocycles. The zero-order chi connectivity index (χ0) is 15.0. The number of anilines is 2. The number of aromatic nitrogens is 1. The maximum absolute atomic E-state index is 13.3. The third kappa shape index (κ3) is 2.68. The van der Waals surface area contributed by atoms with Crippen LogP contribution < -0.4 is 10.2 Å². The smallest absolute Gasteiger partial charge is 0.185 e. The van der Waals surface area contributed by atoms with Crippen molar-refractivity contribution in [1.82, 2.24) is 4.98 Å². The van der Waals surface area contributed by atoms with Gasteiger partial charge >= 0.3 is 0 Å². The van der Waals surface area contributed by atoms with E-state index in [1.807, 2.05) is 17.6 Å². The van der Waals surface area contributed by atoms with Crippen LogP contribution in [0.1, 0.15) is 12.8 Å². The van der Waals surface area contributed by atoms with Crippen molar-refractivity contribution in [3.05, 3.63) is 41.7 Å². The zero-order valence-electron chi connectivity index (χ0n) is 12.2. The van der Waals surface area contributed by atoms with Crippen molar-refractivity contribution in [2.45, 2.75) is 24.5 Å². The van der Waals surface area contributed by atoms with Crippen LogP contribution in [0.15, 0.2) is 35.8 Å². The molecule has 1 N–H and O–H groups in total. The first kappa shape index (κ1) is 14.0. The van der Waals surface area contributed by atoms with Crippen LogP contribution in [0.2, 0.25) is 0 Å². The van der Waals surface area contributed by atoms with Crippen molar-refractivity contribution in [2.75, 3.05) is 29.9 Å². The number of nitrogens with zero attached hydrogens (tertiary/aromatic N) is 2. The Labute approximate surface area is 132 Å². The Morgan fingerprint density at radius 1 is 1.45 bits per heavy atom. The van der Waals surface area contributed by atoms with Crippen LogP contribution in [-0.4, -0.2) is 36.3 Å². The van der Waals surface area contributed by atoms with Gasteiger partial charge in [-0.1, -0.05) is 6.07 Å². The first-order valence-electron chi connectivity index (χ1n) is 7.53. The Hall–Kier alpha value is -1.66. The Kier molecular flexibility index (Phi) is 3.50. The SMILES string of the molecule is Fc1cccc(N[C@@H]2CO[C@]3(CCN(c4nccs4)C3)C2)c1. The van der Waals surface area contributed by atoms with Crippen LogP contribution in [-0.2, 0) is 4.74 Å². The van der Waals surface area contributed by atoms with Gasteiger partial charge in [-0.05, 0) is 24.6 Å². The van der Waals surface area contributed by atoms with Gasteiger partial charge in [-0.3, -0.25) is 0 Å². The van der Waals surface area contributed by atoms with Crippen LogP contribution in [0.3, 0.4) is 0 Å². The maximum Gasteiger partial charge on any atom is 0.185 e. The number of halogens is 1. The zero-order valence-corrected chi connectivity index (χ0v) is 13.0. The number of nitrogens with one attached hydrogen (secondary N) is 1. The molecule has 2 aliphatic rings. The lowest BCUT2D eigenvalue weighted by molar-refractivity contribution is 0.0229. The summed E-state index contributed by atoms with van der Waals surface area (Å²) in [5.74, 6) is -0.213. The summed E-state index contributed by atoms with van der Waals surface area (Å²) in [5.41, 5.74) is 0.733. The normalized spacial score (nSPS) is 27.7. The van der Waals surface area contributed by atoms with E-state index in [2.05, 4.69) is 15.2 Å². The van der Waals surface area contributed by atoms with Gasteiger partial charge in [0.05, 0.1) is 18.2 Å². The molecule has 0 unspecified atom stereocenters. The highest BCUT2D eigenvalue weighted by atomic mass is 32.1. The molecule has 2 fully saturated rings. The molecule has 3 heterocycles. The van der Waals surface area contributed by atoms with Gasteiger partial charge in [-0.25, -0.2) is 9.37 Å². The van der Waals surface area contributed by atoms with Gasteiger partial charge in [0.2, 0.25) is 0 Å². The highest BCUT2D eigenvalue weighted by Crippen LogP contribution is 2.38. The molecule has 1 spiro atoms. The molecule has 22 heavy (non-hydrogen) atoms. The fraction of sp³-hybridized carbons (Fsp3) is 0.438. The second-order valence-electron chi connectivity index (χ2n) is 6.04. The molecular formula is C16H18FN3OS. The van der Waals surface area contributed by atoms with Gasteiger partial charge in [0.25, 0.3) is 0 Å². The van der Waals surface area contributed by atoms with Crippen molar-refractivity contribution in [3.63, 3.8) is 0 Å². The minimum atomic E-state index is -0.213. The minimum absolute atomic E-state index is 0.0866. The fourth-order valence-electron chi connectivity index (χ4n) is 3.42. The number of ether oxygens (including phenoxy) is 1. The summed E-state index contributed by atoms with van der Waals surface area (Å²) in [4.78, 5) is 6.68. The molecule has 0 aliphatic carbocycles. The van der Waals surface area contributed by atoms with E-state index in [-0.39, 0.29) is 17.5 Å². The quantitative estimate of drug-likeness (QED) is 0.943. The molecule has 0 amide bonds. The Balaban J connectivity index is 1.40. The first-order valence-corrected chi connectivity index (χ1v) is 8.41. The number of thiazole rings is 1. The van der Waals surface area contributed by atoms with E-state index in [0.29, 0.717) is 6.61 Å². The summed E-state index contributed by atoms with van der Waals surface area (Å²) in [7, 11) is 0. The van der Waals surface area contributed by atoms with E-state index >= 15 is 0 Å². The highest BCUT2D eigenvalue weighted by Gasteiger charge is 2.46. The lowest BCUT2D eigenvalue weighted by Gasteiger charge is -2.23. The van der Waals surface area contributed by atoms with E-state index in [4.69, 9.17) is 4.74 Å². The fourth-order valence-corrected chi connectivity index (χ4v) is 4.09. The Morgan fingerprint density at radius 3 is 3.23 bits per heavy atom. The molecule has 1 aromatic heterocycles. The van der Waals surface area contributed by atoms with Crippen molar-refractivity contribution in [2.24, 2.45) is 0 Å². The van der Waals surface area contributed by atoms with E-state index < -0.39 is 0 Å². The topological polar surface area (TPSA) is 37.4 Å². The van der Waals surface area contributed by atoms with Crippen molar-refractivity contribution < 1.29 is 9.13 Å². The molecule has 116 valence electrons. The van der Waals surface area contributed by atoms with Gasteiger partial charge in [0, 0.05) is 36.8 Å². The number of hydrogen-bond donors (Lipinski definition) is 1. The van der Waals surface area contributed by atoms with Crippen LogP contribution in [0.4, 0.5) is 15.2 Å². The van der Waals surface area contributed by atoms with Crippen LogP contribution >= 0.6 is 11.3 Å². The summed E-state index contributed by atoms with van der Waals surface area (Å²) >= 11 is 1.67. The number of rotatable bonds is 3. The first-order chi connectivity index (χ1) is 10.7. The summed E-state index contributed by atoms with van der Waals surface area (Å²) in [6.07, 6.45) is 3.81. The van der Waals surface area contributed by atoms with Crippen LogP contribution in [0.25, 0.3) is 0 Å². The van der Waals surface area contributed by atoms with Gasteiger partial charge in [0.15, 0.2) is 5.13 Å². The standard InChI is InChI=1S/C16H18FN3OS/c17-12-2-1-3-13(8-12)19-14-9-16(21-10-14)4-6-20(11-16)15-18-5-7-22-15/h1-3,5,7-8,14,19H,4,6,9-11H2/t14-,16+/m0/s1. The molecule has 2 atom stereocenters. The summed E-state index contributed by atoms with van der Waals surface area (Å²) in [6, 6.07) is 6.84. The molecule has 0 saturated carbocycles. The molecule has 2 aliphatic heterocycles. The Morgan fingerprint density at radius 2 is 2.41 bits per heavy atom. The molecule has 0 bridgehead atoms. The average Bonchev–Trinajstić information content (AvgIpc) is 3.22. The van der Waals surface area contributed by atoms with E-state index in [0.717, 1.165) is 36.8 Å². The van der Waals surface area contributed by atoms with Crippen molar-refractivity contribution in [1.29, 1.82) is 0 Å². The third-order valence-corrected chi connectivity index (χ3v) is 5.24. The van der Waals surface area contributed by atoms with Gasteiger partial charge in [-0.15, -0.1) is 11.3 Å². The van der Waals surface area contributed by atoms with Gasteiger partial charge in [-0.2, -0.15) is 0 Å². The summed E-state index contributed by atoms with van der Waals surface area (Å²) in [6.45, 7) is 2.55. The molecule has 2 aromatic rings. The molecule has 4 nitrogen and oxygen atoms in total. The third-order valence-electron chi connectivity index (χ3n) is 4.41. The van der Waals surface area contributed by atoms with E-state index in [9.17, 15) is 4.39 Å². The second-order valence-corrected chi connectivity index (χ2v) is 6.91. The molecular weight excluding hydrogens is 301 g/mol. The van der Waals surface area contributed by atoms with Crippen molar-refractivity contribution >= 4 is 22.2 Å². The van der Waals surface area contributed by atoms with Gasteiger partial charge in [0.1, 0.15) is 5.82 Å². The number of hydrogen-bond acceptors (Lipinski definition) is 5. The monoisotopic (exact) mass is 319 g/mol. The van der Waals surface area contributed by atoms with Crippen LogP contribution in [0.5, 0.6) is 0 Å². The summed E-state index contributed by atoms with van der Waals surface area (Å²) < 4.78 is 19.4. The van der Waals surface area contributed by atoms with Crippen molar-refractivity contribution in [3.8, 4) is 0 Å². The second kappa shape index (κ2) is 5.52. The van der Waals surface area contributed by atoms with E-state index in [1.54, 1.807) is 17.4 Å². The maximum atomic E-state index is 13.3. The number of benzene rings is 1. The molecule has 6 heteroatoms.